The predicted molar refractivity (Wildman–Crippen MR) is 69.6 cm³/mol. The highest BCUT2D eigenvalue weighted by molar-refractivity contribution is 6.32. The van der Waals surface area contributed by atoms with E-state index in [-0.39, 0.29) is 10.8 Å². The minimum atomic E-state index is -4.57. The molecule has 0 saturated carbocycles. The van der Waals surface area contributed by atoms with E-state index >= 15 is 0 Å². The van der Waals surface area contributed by atoms with Gasteiger partial charge in [0.1, 0.15) is 5.75 Å². The lowest BCUT2D eigenvalue weighted by Crippen LogP contribution is -2.04. The zero-order valence-corrected chi connectivity index (χ0v) is 11.3. The first-order valence-corrected chi connectivity index (χ1v) is 6.05. The Morgan fingerprint density at radius 2 is 1.73 bits per heavy atom. The van der Waals surface area contributed by atoms with Crippen molar-refractivity contribution in [3.63, 3.8) is 0 Å². The van der Waals surface area contributed by atoms with E-state index in [4.69, 9.17) is 16.3 Å². The third-order valence-corrected chi connectivity index (χ3v) is 2.90. The highest BCUT2D eigenvalue weighted by Crippen LogP contribution is 2.37. The van der Waals surface area contributed by atoms with Gasteiger partial charge in [0.25, 0.3) is 5.69 Å². The lowest BCUT2D eigenvalue weighted by molar-refractivity contribution is -0.385. The molecule has 2 rings (SSSR count). The molecule has 22 heavy (non-hydrogen) atoms. The van der Waals surface area contributed by atoms with E-state index in [1.807, 2.05) is 0 Å². The summed E-state index contributed by atoms with van der Waals surface area (Å²) in [4.78, 5) is 9.69. The minimum absolute atomic E-state index is 0.206. The summed E-state index contributed by atoms with van der Waals surface area (Å²) in [7, 11) is 0. The van der Waals surface area contributed by atoms with Crippen LogP contribution in [0, 0.1) is 15.9 Å². The molecule has 2 aromatic carbocycles. The van der Waals surface area contributed by atoms with Gasteiger partial charge in [-0.2, -0.15) is 13.2 Å². The summed E-state index contributed by atoms with van der Waals surface area (Å²) in [6, 6.07) is 4.92. The second kappa shape index (κ2) is 5.80. The van der Waals surface area contributed by atoms with Gasteiger partial charge in [0.15, 0.2) is 11.6 Å². The molecule has 0 amide bonds. The van der Waals surface area contributed by atoms with Crippen molar-refractivity contribution >= 4 is 17.3 Å². The predicted octanol–water partition coefficient (Wildman–Crippen LogP) is 5.20. The smallest absolute Gasteiger partial charge is 0.416 e. The van der Waals surface area contributed by atoms with E-state index in [0.29, 0.717) is 12.1 Å². The Kier molecular flexibility index (Phi) is 4.23. The number of nitro benzene ring substituents is 1. The number of non-ortho nitro benzene ring substituents is 1. The number of alkyl halides is 3. The first-order valence-electron chi connectivity index (χ1n) is 5.67. The molecular weight excluding hydrogens is 330 g/mol. The first kappa shape index (κ1) is 16.0. The minimum Gasteiger partial charge on any atom is -0.453 e. The number of hydrogen-bond acceptors (Lipinski definition) is 3. The Balaban J connectivity index is 2.30. The number of benzene rings is 2. The van der Waals surface area contributed by atoms with Crippen molar-refractivity contribution in [3.05, 3.63) is 62.9 Å². The second-order valence-electron chi connectivity index (χ2n) is 4.12. The highest BCUT2D eigenvalue weighted by atomic mass is 35.5. The van der Waals surface area contributed by atoms with E-state index in [2.05, 4.69) is 0 Å². The number of nitro groups is 1. The normalized spacial score (nSPS) is 11.3. The van der Waals surface area contributed by atoms with Crippen LogP contribution in [-0.4, -0.2) is 4.92 Å². The fraction of sp³-hybridized carbons (Fsp3) is 0.0769. The van der Waals surface area contributed by atoms with Gasteiger partial charge in [-0.1, -0.05) is 11.6 Å². The second-order valence-corrected chi connectivity index (χ2v) is 4.52. The van der Waals surface area contributed by atoms with E-state index in [1.54, 1.807) is 0 Å². The fourth-order valence-corrected chi connectivity index (χ4v) is 1.78. The quantitative estimate of drug-likeness (QED) is 0.440. The molecule has 9 heteroatoms. The molecule has 2 aromatic rings. The van der Waals surface area contributed by atoms with Crippen LogP contribution >= 0.6 is 11.6 Å². The molecule has 0 saturated heterocycles. The third-order valence-electron chi connectivity index (χ3n) is 2.61. The largest absolute Gasteiger partial charge is 0.453 e. The van der Waals surface area contributed by atoms with Crippen molar-refractivity contribution in [1.82, 2.24) is 0 Å². The average molecular weight is 336 g/mol. The molecule has 0 aliphatic carbocycles. The van der Waals surface area contributed by atoms with Crippen LogP contribution in [0.5, 0.6) is 11.5 Å². The van der Waals surface area contributed by atoms with Gasteiger partial charge in [-0.15, -0.1) is 0 Å². The van der Waals surface area contributed by atoms with Crippen molar-refractivity contribution < 1.29 is 27.2 Å². The van der Waals surface area contributed by atoms with Gasteiger partial charge >= 0.3 is 6.18 Å². The van der Waals surface area contributed by atoms with Crippen LogP contribution < -0.4 is 4.74 Å². The van der Waals surface area contributed by atoms with Crippen molar-refractivity contribution in [3.8, 4) is 11.5 Å². The SMILES string of the molecule is O=[N+]([O-])c1ccc(Oc2ccc(C(F)(F)F)cc2Cl)c(F)c1. The molecule has 0 atom stereocenters. The van der Waals surface area contributed by atoms with Crippen molar-refractivity contribution in [2.75, 3.05) is 0 Å². The molecule has 116 valence electrons. The van der Waals surface area contributed by atoms with Gasteiger partial charge in [0.05, 0.1) is 21.6 Å². The van der Waals surface area contributed by atoms with Crippen LogP contribution in [0.3, 0.4) is 0 Å². The average Bonchev–Trinajstić information content (AvgIpc) is 2.41. The zero-order valence-electron chi connectivity index (χ0n) is 10.5. The molecule has 0 aliphatic heterocycles. The Morgan fingerprint density at radius 3 is 2.23 bits per heavy atom. The maximum atomic E-state index is 13.6. The zero-order chi connectivity index (χ0) is 16.5. The molecule has 0 radical (unpaired) electrons. The van der Waals surface area contributed by atoms with Crippen LogP contribution in [0.4, 0.5) is 23.2 Å². The topological polar surface area (TPSA) is 52.4 Å². The Labute approximate surface area is 126 Å². The number of halogens is 5. The standard InChI is InChI=1S/C13H6ClF4NO3/c14-9-5-7(13(16,17)18)1-3-11(9)22-12-4-2-8(19(20)21)6-10(12)15/h1-6H. The van der Waals surface area contributed by atoms with Gasteiger partial charge in [0, 0.05) is 6.07 Å². The molecule has 0 aliphatic rings. The van der Waals surface area contributed by atoms with E-state index in [9.17, 15) is 27.7 Å². The Hall–Kier alpha value is -2.35. The van der Waals surface area contributed by atoms with Gasteiger partial charge in [0.2, 0.25) is 0 Å². The van der Waals surface area contributed by atoms with E-state index in [0.717, 1.165) is 24.3 Å². The molecule has 0 N–H and O–H groups in total. The summed E-state index contributed by atoms with van der Waals surface area (Å²) < 4.78 is 56.2. The summed E-state index contributed by atoms with van der Waals surface area (Å²) in [6.45, 7) is 0. The van der Waals surface area contributed by atoms with Crippen molar-refractivity contribution in [1.29, 1.82) is 0 Å². The summed E-state index contributed by atoms with van der Waals surface area (Å²) in [6.07, 6.45) is -4.57. The van der Waals surface area contributed by atoms with Crippen LogP contribution in [0.15, 0.2) is 36.4 Å². The fourth-order valence-electron chi connectivity index (χ4n) is 1.56. The van der Waals surface area contributed by atoms with Crippen molar-refractivity contribution in [2.45, 2.75) is 6.18 Å². The van der Waals surface area contributed by atoms with E-state index < -0.39 is 33.9 Å². The van der Waals surface area contributed by atoms with Crippen LogP contribution in [0.2, 0.25) is 5.02 Å². The van der Waals surface area contributed by atoms with E-state index in [1.165, 1.54) is 0 Å². The van der Waals surface area contributed by atoms with Crippen molar-refractivity contribution in [2.24, 2.45) is 0 Å². The summed E-state index contributed by atoms with van der Waals surface area (Å²) >= 11 is 5.66. The molecule has 0 aromatic heterocycles. The molecule has 0 heterocycles. The van der Waals surface area contributed by atoms with Gasteiger partial charge in [-0.3, -0.25) is 10.1 Å². The lowest BCUT2D eigenvalue weighted by atomic mass is 10.2. The molecule has 0 unspecified atom stereocenters. The molecular formula is C13H6ClF4NO3. The molecule has 4 nitrogen and oxygen atoms in total. The summed E-state index contributed by atoms with van der Waals surface area (Å²) in [5.74, 6) is -1.64. The van der Waals surface area contributed by atoms with Gasteiger partial charge in [-0.05, 0) is 24.3 Å². The lowest BCUT2D eigenvalue weighted by Gasteiger charge is -2.11. The van der Waals surface area contributed by atoms with Crippen LogP contribution in [0.25, 0.3) is 0 Å². The number of rotatable bonds is 3. The van der Waals surface area contributed by atoms with Crippen LogP contribution in [0.1, 0.15) is 5.56 Å². The molecule has 0 fully saturated rings. The van der Waals surface area contributed by atoms with Crippen LogP contribution in [-0.2, 0) is 6.18 Å². The molecule has 0 spiro atoms. The van der Waals surface area contributed by atoms with Gasteiger partial charge < -0.3 is 4.74 Å². The maximum Gasteiger partial charge on any atom is 0.416 e. The highest BCUT2D eigenvalue weighted by Gasteiger charge is 2.31. The monoisotopic (exact) mass is 335 g/mol. The number of nitrogens with zero attached hydrogens (tertiary/aromatic N) is 1. The van der Waals surface area contributed by atoms with Gasteiger partial charge in [-0.25, -0.2) is 4.39 Å². The number of ether oxygens (including phenoxy) is 1. The molecule has 0 bridgehead atoms. The summed E-state index contributed by atoms with van der Waals surface area (Å²) in [5, 5.41) is 10.1. The number of hydrogen-bond donors (Lipinski definition) is 0. The Morgan fingerprint density at radius 1 is 1.09 bits per heavy atom. The summed E-state index contributed by atoms with van der Waals surface area (Å²) in [5.41, 5.74) is -1.46. The Bertz CT molecular complexity index is 734. The first-order chi connectivity index (χ1) is 10.2. The third kappa shape index (κ3) is 3.45. The maximum absolute atomic E-state index is 13.6.